The first-order chi connectivity index (χ1) is 14.9. The summed E-state index contributed by atoms with van der Waals surface area (Å²) in [6.45, 7) is 1.91. The molecule has 6 heteroatoms. The van der Waals surface area contributed by atoms with E-state index in [1.165, 1.54) is 36.3 Å². The number of ketones is 1. The number of Topliss-reactive ketones (excluding diaryl/α,β-unsaturated/α-hetero) is 1. The van der Waals surface area contributed by atoms with Gasteiger partial charge in [-0.25, -0.2) is 4.39 Å². The Morgan fingerprint density at radius 3 is 2.13 bits per heavy atom. The van der Waals surface area contributed by atoms with Crippen molar-refractivity contribution in [3.8, 4) is 5.75 Å². The quantitative estimate of drug-likeness (QED) is 0.377. The van der Waals surface area contributed by atoms with E-state index in [0.29, 0.717) is 22.6 Å². The number of halogens is 1. The Morgan fingerprint density at radius 2 is 1.55 bits per heavy atom. The second-order valence-corrected chi connectivity index (χ2v) is 7.28. The van der Waals surface area contributed by atoms with Gasteiger partial charge in [-0.05, 0) is 48.9 Å². The Bertz CT molecular complexity index is 1170. The van der Waals surface area contributed by atoms with E-state index in [4.69, 9.17) is 4.74 Å². The highest BCUT2D eigenvalue weighted by Gasteiger charge is 2.46. The maximum atomic E-state index is 13.5. The van der Waals surface area contributed by atoms with Crippen molar-refractivity contribution in [2.24, 2.45) is 0 Å². The van der Waals surface area contributed by atoms with Crippen molar-refractivity contribution in [1.82, 2.24) is 0 Å². The first-order valence-corrected chi connectivity index (χ1v) is 9.68. The molecule has 3 aromatic carbocycles. The third kappa shape index (κ3) is 3.68. The van der Waals surface area contributed by atoms with E-state index in [1.807, 2.05) is 19.1 Å². The normalized spacial score (nSPS) is 17.8. The Kier molecular flexibility index (Phi) is 5.29. The molecule has 4 rings (SSSR count). The summed E-state index contributed by atoms with van der Waals surface area (Å²) in [6, 6.07) is 18.3. The summed E-state index contributed by atoms with van der Waals surface area (Å²) in [5.41, 5.74) is 2.37. The second-order valence-electron chi connectivity index (χ2n) is 7.28. The van der Waals surface area contributed by atoms with Crippen LogP contribution < -0.4 is 9.64 Å². The molecule has 3 aromatic rings. The fourth-order valence-corrected chi connectivity index (χ4v) is 3.67. The molecule has 1 aliphatic heterocycles. The maximum Gasteiger partial charge on any atom is 0.300 e. The van der Waals surface area contributed by atoms with E-state index in [9.17, 15) is 19.1 Å². The SMILES string of the molecule is COc1ccc(C2/C(=C(\O)c3ccc(C)cc3)C(=O)C(=O)N2c2ccc(F)cc2)cc1. The van der Waals surface area contributed by atoms with Crippen molar-refractivity contribution >= 4 is 23.1 Å². The molecule has 1 aliphatic rings. The number of nitrogens with zero attached hydrogens (tertiary/aromatic N) is 1. The van der Waals surface area contributed by atoms with Crippen LogP contribution in [0.1, 0.15) is 22.7 Å². The van der Waals surface area contributed by atoms with Gasteiger partial charge in [0.15, 0.2) is 0 Å². The van der Waals surface area contributed by atoms with Crippen LogP contribution >= 0.6 is 0 Å². The van der Waals surface area contributed by atoms with E-state index < -0.39 is 23.5 Å². The number of ether oxygens (including phenoxy) is 1. The Labute approximate surface area is 179 Å². The molecule has 1 fully saturated rings. The Hall–Kier alpha value is -3.93. The lowest BCUT2D eigenvalue weighted by atomic mass is 9.95. The van der Waals surface area contributed by atoms with Gasteiger partial charge in [0.1, 0.15) is 17.3 Å². The molecule has 1 unspecified atom stereocenters. The number of amides is 1. The minimum Gasteiger partial charge on any atom is -0.507 e. The predicted molar refractivity (Wildman–Crippen MR) is 115 cm³/mol. The van der Waals surface area contributed by atoms with Gasteiger partial charge >= 0.3 is 0 Å². The summed E-state index contributed by atoms with van der Waals surface area (Å²) >= 11 is 0. The lowest BCUT2D eigenvalue weighted by molar-refractivity contribution is -0.132. The van der Waals surface area contributed by atoms with Crippen LogP contribution in [0.2, 0.25) is 0 Å². The van der Waals surface area contributed by atoms with Gasteiger partial charge in [-0.2, -0.15) is 0 Å². The van der Waals surface area contributed by atoms with Crippen LogP contribution in [0.4, 0.5) is 10.1 Å². The molecule has 0 radical (unpaired) electrons. The molecule has 0 bridgehead atoms. The number of aliphatic hydroxyl groups excluding tert-OH is 1. The molecule has 0 aliphatic carbocycles. The van der Waals surface area contributed by atoms with Crippen LogP contribution in [-0.2, 0) is 9.59 Å². The number of rotatable bonds is 4. The molecule has 0 spiro atoms. The van der Waals surface area contributed by atoms with Crippen molar-refractivity contribution in [1.29, 1.82) is 0 Å². The van der Waals surface area contributed by atoms with Crippen LogP contribution in [0.5, 0.6) is 5.75 Å². The highest BCUT2D eigenvalue weighted by Crippen LogP contribution is 2.42. The number of hydrogen-bond acceptors (Lipinski definition) is 4. The molecule has 156 valence electrons. The van der Waals surface area contributed by atoms with Crippen molar-refractivity contribution in [3.63, 3.8) is 0 Å². The Balaban J connectivity index is 1.92. The zero-order valence-electron chi connectivity index (χ0n) is 17.0. The summed E-state index contributed by atoms with van der Waals surface area (Å²) in [4.78, 5) is 27.3. The van der Waals surface area contributed by atoms with E-state index in [-0.39, 0.29) is 11.3 Å². The summed E-state index contributed by atoms with van der Waals surface area (Å²) in [5, 5.41) is 11.0. The average molecular weight is 417 g/mol. The lowest BCUT2D eigenvalue weighted by Gasteiger charge is -2.25. The number of aliphatic hydroxyl groups is 1. The highest BCUT2D eigenvalue weighted by molar-refractivity contribution is 6.51. The van der Waals surface area contributed by atoms with Gasteiger partial charge in [0.2, 0.25) is 0 Å². The molecule has 1 saturated heterocycles. The fourth-order valence-electron chi connectivity index (χ4n) is 3.67. The summed E-state index contributed by atoms with van der Waals surface area (Å²) in [6.07, 6.45) is 0. The van der Waals surface area contributed by atoms with Crippen molar-refractivity contribution in [3.05, 3.63) is 101 Å². The van der Waals surface area contributed by atoms with Crippen LogP contribution in [0, 0.1) is 12.7 Å². The first kappa shape index (κ1) is 20.3. The smallest absolute Gasteiger partial charge is 0.300 e. The molecule has 1 heterocycles. The van der Waals surface area contributed by atoms with Gasteiger partial charge < -0.3 is 9.84 Å². The summed E-state index contributed by atoms with van der Waals surface area (Å²) < 4.78 is 18.7. The maximum absolute atomic E-state index is 13.5. The summed E-state index contributed by atoms with van der Waals surface area (Å²) in [5.74, 6) is -1.70. The van der Waals surface area contributed by atoms with E-state index in [1.54, 1.807) is 36.4 Å². The summed E-state index contributed by atoms with van der Waals surface area (Å²) in [7, 11) is 1.54. The number of hydrogen-bond donors (Lipinski definition) is 1. The second kappa shape index (κ2) is 8.07. The molecule has 1 atom stereocenters. The molecule has 0 aromatic heterocycles. The van der Waals surface area contributed by atoms with Crippen LogP contribution in [0.3, 0.4) is 0 Å². The number of benzene rings is 3. The van der Waals surface area contributed by atoms with E-state index in [0.717, 1.165) is 5.56 Å². The van der Waals surface area contributed by atoms with Crippen LogP contribution in [-0.4, -0.2) is 23.9 Å². The van der Waals surface area contributed by atoms with Gasteiger partial charge in [0, 0.05) is 11.3 Å². The van der Waals surface area contributed by atoms with Gasteiger partial charge in [0.25, 0.3) is 11.7 Å². The molecule has 1 N–H and O–H groups in total. The number of aryl methyl sites for hydroxylation is 1. The molecular formula is C25H20FNO4. The molecule has 31 heavy (non-hydrogen) atoms. The van der Waals surface area contributed by atoms with Gasteiger partial charge in [-0.1, -0.05) is 42.0 Å². The monoisotopic (exact) mass is 417 g/mol. The topological polar surface area (TPSA) is 66.8 Å². The minimum atomic E-state index is -0.877. The highest BCUT2D eigenvalue weighted by atomic mass is 19.1. The van der Waals surface area contributed by atoms with Crippen molar-refractivity contribution in [2.75, 3.05) is 12.0 Å². The fraction of sp³-hybridized carbons (Fsp3) is 0.120. The number of anilines is 1. The van der Waals surface area contributed by atoms with E-state index >= 15 is 0 Å². The Morgan fingerprint density at radius 1 is 0.935 bits per heavy atom. The number of carbonyl (C=O) groups is 2. The van der Waals surface area contributed by atoms with Crippen LogP contribution in [0.25, 0.3) is 5.76 Å². The first-order valence-electron chi connectivity index (χ1n) is 9.68. The van der Waals surface area contributed by atoms with Crippen LogP contribution in [0.15, 0.2) is 78.4 Å². The average Bonchev–Trinajstić information content (AvgIpc) is 3.05. The standard InChI is InChI=1S/C25H20FNO4/c1-15-3-5-17(6-4-15)23(28)21-22(16-7-13-20(31-2)14-8-16)27(25(30)24(21)29)19-11-9-18(26)10-12-19/h3-14,22,28H,1-2H3/b23-21+. The lowest BCUT2D eigenvalue weighted by Crippen LogP contribution is -2.29. The molecular weight excluding hydrogens is 397 g/mol. The van der Waals surface area contributed by atoms with Crippen molar-refractivity contribution < 1.29 is 23.8 Å². The van der Waals surface area contributed by atoms with Gasteiger partial charge in [-0.3, -0.25) is 14.5 Å². The zero-order valence-corrected chi connectivity index (χ0v) is 17.0. The van der Waals surface area contributed by atoms with E-state index in [2.05, 4.69) is 0 Å². The third-order valence-electron chi connectivity index (χ3n) is 5.31. The van der Waals surface area contributed by atoms with Gasteiger partial charge in [0.05, 0.1) is 18.7 Å². The van der Waals surface area contributed by atoms with Crippen molar-refractivity contribution in [2.45, 2.75) is 13.0 Å². The third-order valence-corrected chi connectivity index (χ3v) is 5.31. The molecule has 0 saturated carbocycles. The van der Waals surface area contributed by atoms with Gasteiger partial charge in [-0.15, -0.1) is 0 Å². The zero-order chi connectivity index (χ0) is 22.1. The largest absolute Gasteiger partial charge is 0.507 e. The molecule has 5 nitrogen and oxygen atoms in total. The number of methoxy groups -OCH3 is 1. The predicted octanol–water partition coefficient (Wildman–Crippen LogP) is 4.77. The molecule has 1 amide bonds. The minimum absolute atomic E-state index is 0.0247. The number of carbonyl (C=O) groups excluding carboxylic acids is 2.